The number of rotatable bonds is 6. The molecule has 0 aliphatic carbocycles. The van der Waals surface area contributed by atoms with Crippen molar-refractivity contribution in [1.29, 1.82) is 0 Å². The second kappa shape index (κ2) is 7.65. The summed E-state index contributed by atoms with van der Waals surface area (Å²) in [5.74, 6) is 1.12. The van der Waals surface area contributed by atoms with Gasteiger partial charge in [-0.1, -0.05) is 22.0 Å². The van der Waals surface area contributed by atoms with Crippen LogP contribution in [0.4, 0.5) is 5.82 Å². The van der Waals surface area contributed by atoms with Crippen molar-refractivity contribution in [3.05, 3.63) is 54.2 Å². The molecule has 0 saturated heterocycles. The van der Waals surface area contributed by atoms with Crippen molar-refractivity contribution in [3.63, 3.8) is 0 Å². The lowest BCUT2D eigenvalue weighted by Crippen LogP contribution is -2.12. The van der Waals surface area contributed by atoms with Crippen LogP contribution in [-0.2, 0) is 0 Å². The molecule has 5 heteroatoms. The van der Waals surface area contributed by atoms with Gasteiger partial charge in [-0.25, -0.2) is 4.98 Å². The van der Waals surface area contributed by atoms with E-state index in [1.807, 2.05) is 6.07 Å². The first kappa shape index (κ1) is 14.5. The molecule has 1 N–H and O–H groups in total. The first-order chi connectivity index (χ1) is 9.79. The number of hydrogen-bond acceptors (Lipinski definition) is 3. The van der Waals surface area contributed by atoms with Crippen molar-refractivity contribution in [3.8, 4) is 5.75 Å². The summed E-state index contributed by atoms with van der Waals surface area (Å²) in [6, 6.07) is 12.4. The van der Waals surface area contributed by atoms with Crippen LogP contribution >= 0.6 is 15.9 Å². The molecular formula is C15H15BrN2O2. The van der Waals surface area contributed by atoms with Gasteiger partial charge in [0.1, 0.15) is 11.6 Å². The summed E-state index contributed by atoms with van der Waals surface area (Å²) in [4.78, 5) is 16.0. The highest BCUT2D eigenvalue weighted by atomic mass is 79.9. The van der Waals surface area contributed by atoms with Crippen molar-refractivity contribution < 1.29 is 9.53 Å². The zero-order valence-electron chi connectivity index (χ0n) is 10.9. The van der Waals surface area contributed by atoms with E-state index in [2.05, 4.69) is 26.2 Å². The summed E-state index contributed by atoms with van der Waals surface area (Å²) in [5.41, 5.74) is 0.573. The summed E-state index contributed by atoms with van der Waals surface area (Å²) in [6.07, 6.45) is 2.58. The van der Waals surface area contributed by atoms with E-state index < -0.39 is 0 Å². The molecule has 0 atom stereocenters. The molecule has 0 saturated carbocycles. The third kappa shape index (κ3) is 4.35. The van der Waals surface area contributed by atoms with Crippen LogP contribution in [0.3, 0.4) is 0 Å². The van der Waals surface area contributed by atoms with Gasteiger partial charge < -0.3 is 10.1 Å². The molecule has 0 bridgehead atoms. The van der Waals surface area contributed by atoms with Crippen molar-refractivity contribution in [2.75, 3.05) is 17.3 Å². The van der Waals surface area contributed by atoms with Crippen LogP contribution in [0, 0.1) is 0 Å². The molecule has 1 aromatic heterocycles. The summed E-state index contributed by atoms with van der Waals surface area (Å²) in [5, 5.41) is 3.65. The van der Waals surface area contributed by atoms with E-state index in [9.17, 15) is 4.79 Å². The van der Waals surface area contributed by atoms with Gasteiger partial charge in [-0.05, 0) is 42.8 Å². The van der Waals surface area contributed by atoms with Crippen LogP contribution in [0.5, 0.6) is 5.75 Å². The summed E-state index contributed by atoms with van der Waals surface area (Å²) in [6.45, 7) is 0.657. The number of nitrogens with one attached hydrogen (secondary N) is 1. The number of pyridine rings is 1. The molecule has 0 fully saturated rings. The highest BCUT2D eigenvalue weighted by molar-refractivity contribution is 9.09. The monoisotopic (exact) mass is 334 g/mol. The molecule has 0 aliphatic heterocycles. The van der Waals surface area contributed by atoms with Crippen LogP contribution in [0.1, 0.15) is 16.8 Å². The SMILES string of the molecule is O=C(Nc1ccccn1)c1ccc(OCCCBr)cc1. The van der Waals surface area contributed by atoms with E-state index >= 15 is 0 Å². The lowest BCUT2D eigenvalue weighted by molar-refractivity contribution is 0.102. The fourth-order valence-electron chi connectivity index (χ4n) is 1.57. The number of alkyl halides is 1. The maximum atomic E-state index is 12.0. The molecule has 20 heavy (non-hydrogen) atoms. The highest BCUT2D eigenvalue weighted by Crippen LogP contribution is 2.13. The summed E-state index contributed by atoms with van der Waals surface area (Å²) >= 11 is 3.35. The molecule has 104 valence electrons. The second-order valence-electron chi connectivity index (χ2n) is 4.08. The molecule has 0 aliphatic rings. The van der Waals surface area contributed by atoms with E-state index in [1.54, 1.807) is 42.6 Å². The van der Waals surface area contributed by atoms with Gasteiger partial charge in [-0.15, -0.1) is 0 Å². The minimum absolute atomic E-state index is 0.185. The molecule has 2 rings (SSSR count). The van der Waals surface area contributed by atoms with Gasteiger partial charge in [-0.2, -0.15) is 0 Å². The zero-order valence-corrected chi connectivity index (χ0v) is 12.5. The van der Waals surface area contributed by atoms with Crippen molar-refractivity contribution in [1.82, 2.24) is 4.98 Å². The van der Waals surface area contributed by atoms with E-state index in [4.69, 9.17) is 4.74 Å². The van der Waals surface area contributed by atoms with Gasteiger partial charge in [0, 0.05) is 17.1 Å². The van der Waals surface area contributed by atoms with Gasteiger partial charge in [0.05, 0.1) is 6.61 Å². The highest BCUT2D eigenvalue weighted by Gasteiger charge is 2.06. The average molecular weight is 335 g/mol. The number of benzene rings is 1. The minimum atomic E-state index is -0.185. The average Bonchev–Trinajstić information content (AvgIpc) is 2.49. The molecule has 0 radical (unpaired) electrons. The molecule has 2 aromatic rings. The van der Waals surface area contributed by atoms with Gasteiger partial charge in [0.2, 0.25) is 0 Å². The number of halogens is 1. The Morgan fingerprint density at radius 1 is 1.20 bits per heavy atom. The van der Waals surface area contributed by atoms with Crippen molar-refractivity contribution in [2.24, 2.45) is 0 Å². The van der Waals surface area contributed by atoms with Crippen molar-refractivity contribution >= 4 is 27.7 Å². The van der Waals surface area contributed by atoms with Crippen LogP contribution in [-0.4, -0.2) is 22.8 Å². The Labute approximate surface area is 126 Å². The van der Waals surface area contributed by atoms with E-state index in [1.165, 1.54) is 0 Å². The maximum Gasteiger partial charge on any atom is 0.256 e. The summed E-state index contributed by atoms with van der Waals surface area (Å²) < 4.78 is 5.53. The van der Waals surface area contributed by atoms with Gasteiger partial charge in [0.25, 0.3) is 5.91 Å². The third-order valence-electron chi connectivity index (χ3n) is 2.57. The van der Waals surface area contributed by atoms with E-state index in [-0.39, 0.29) is 5.91 Å². The van der Waals surface area contributed by atoms with Crippen LogP contribution in [0.15, 0.2) is 48.7 Å². The minimum Gasteiger partial charge on any atom is -0.494 e. The number of carbonyl (C=O) groups excluding carboxylic acids is 1. The summed E-state index contributed by atoms with van der Waals surface area (Å²) in [7, 11) is 0. The molecule has 4 nitrogen and oxygen atoms in total. The number of nitrogens with zero attached hydrogens (tertiary/aromatic N) is 1. The van der Waals surface area contributed by atoms with Gasteiger partial charge in [-0.3, -0.25) is 4.79 Å². The van der Waals surface area contributed by atoms with Crippen molar-refractivity contribution in [2.45, 2.75) is 6.42 Å². The van der Waals surface area contributed by atoms with Gasteiger partial charge >= 0.3 is 0 Å². The lowest BCUT2D eigenvalue weighted by Gasteiger charge is -2.07. The third-order valence-corrected chi connectivity index (χ3v) is 3.13. The molecule has 1 amide bonds. The molecule has 0 spiro atoms. The molecular weight excluding hydrogens is 320 g/mol. The van der Waals surface area contributed by atoms with Crippen LogP contribution in [0.25, 0.3) is 0 Å². The first-order valence-electron chi connectivity index (χ1n) is 6.31. The van der Waals surface area contributed by atoms with Crippen LogP contribution < -0.4 is 10.1 Å². The number of carbonyl (C=O) groups is 1. The maximum absolute atomic E-state index is 12.0. The Bertz CT molecular complexity index is 544. The predicted molar refractivity (Wildman–Crippen MR) is 82.5 cm³/mol. The molecule has 0 unspecified atom stereocenters. The van der Waals surface area contributed by atoms with E-state index in [0.717, 1.165) is 17.5 Å². The van der Waals surface area contributed by atoms with E-state index in [0.29, 0.717) is 18.0 Å². The Hall–Kier alpha value is -1.88. The Morgan fingerprint density at radius 2 is 2.00 bits per heavy atom. The normalized spacial score (nSPS) is 10.1. The Kier molecular flexibility index (Phi) is 5.55. The number of amides is 1. The smallest absolute Gasteiger partial charge is 0.256 e. The number of ether oxygens (including phenoxy) is 1. The Balaban J connectivity index is 1.94. The quantitative estimate of drug-likeness (QED) is 0.649. The predicted octanol–water partition coefficient (Wildman–Crippen LogP) is 3.50. The fraction of sp³-hybridized carbons (Fsp3) is 0.200. The largest absolute Gasteiger partial charge is 0.494 e. The number of hydrogen-bond donors (Lipinski definition) is 1. The van der Waals surface area contributed by atoms with Crippen LogP contribution in [0.2, 0.25) is 0 Å². The molecule has 1 heterocycles. The van der Waals surface area contributed by atoms with Gasteiger partial charge in [0.15, 0.2) is 0 Å². The molecule has 1 aromatic carbocycles. The second-order valence-corrected chi connectivity index (χ2v) is 4.88. The fourth-order valence-corrected chi connectivity index (χ4v) is 1.80. The zero-order chi connectivity index (χ0) is 14.2. The first-order valence-corrected chi connectivity index (χ1v) is 7.43. The number of anilines is 1. The standard InChI is InChI=1S/C15H15BrN2O2/c16-9-3-11-20-13-7-5-12(6-8-13)15(19)18-14-4-1-2-10-17-14/h1-2,4-8,10H,3,9,11H2,(H,17,18,19). The topological polar surface area (TPSA) is 51.2 Å². The lowest BCUT2D eigenvalue weighted by atomic mass is 10.2. The number of aromatic nitrogens is 1. The Morgan fingerprint density at radius 3 is 2.65 bits per heavy atom.